The van der Waals surface area contributed by atoms with Gasteiger partial charge in [-0.15, -0.1) is 0 Å². The summed E-state index contributed by atoms with van der Waals surface area (Å²) in [4.78, 5) is 28.4. The Morgan fingerprint density at radius 1 is 1.29 bits per heavy atom. The van der Waals surface area contributed by atoms with Crippen LogP contribution in [0.1, 0.15) is 39.0 Å². The maximum absolute atomic E-state index is 12.8. The summed E-state index contributed by atoms with van der Waals surface area (Å²) in [6.07, 6.45) is 10.8. The maximum atomic E-state index is 12.8. The molecule has 3 unspecified atom stereocenters. The molecule has 4 aliphatic rings. The van der Waals surface area contributed by atoms with Crippen molar-refractivity contribution in [3.05, 3.63) is 34.0 Å². The summed E-state index contributed by atoms with van der Waals surface area (Å²) >= 11 is 1.26. The molecule has 4 rings (SSSR count). The van der Waals surface area contributed by atoms with Crippen LogP contribution >= 0.6 is 11.8 Å². The Bertz CT molecular complexity index is 881. The highest BCUT2D eigenvalue weighted by atomic mass is 32.2. The predicted octanol–water partition coefficient (Wildman–Crippen LogP) is 2.10. The molecule has 3 fully saturated rings. The van der Waals surface area contributed by atoms with E-state index in [2.05, 4.69) is 22.4 Å². The molecule has 0 aromatic rings. The molecule has 0 radical (unpaired) electrons. The van der Waals surface area contributed by atoms with E-state index in [1.165, 1.54) is 67.7 Å². The zero-order valence-corrected chi connectivity index (χ0v) is 18.9. The van der Waals surface area contributed by atoms with Crippen LogP contribution < -0.4 is 11.1 Å². The molecule has 166 valence electrons. The fraction of sp³-hybridized carbons (Fsp3) is 0.609. The lowest BCUT2D eigenvalue weighted by Gasteiger charge is -2.27. The first kappa shape index (κ1) is 22.0. The molecule has 2 aliphatic heterocycles. The summed E-state index contributed by atoms with van der Waals surface area (Å²) in [6.45, 7) is 6.37. The Morgan fingerprint density at radius 2 is 2.06 bits per heavy atom. The highest BCUT2D eigenvalue weighted by molar-refractivity contribution is 8.04. The van der Waals surface area contributed by atoms with E-state index in [4.69, 9.17) is 5.73 Å². The number of piperidine rings is 1. The topological polar surface area (TPSA) is 102 Å². The van der Waals surface area contributed by atoms with Crippen molar-refractivity contribution >= 4 is 23.6 Å². The van der Waals surface area contributed by atoms with E-state index in [0.29, 0.717) is 30.0 Å². The minimum atomic E-state index is -0.789. The molecule has 2 aliphatic carbocycles. The maximum Gasteiger partial charge on any atom is 0.262 e. The Morgan fingerprint density at radius 3 is 2.74 bits per heavy atom. The average molecular weight is 442 g/mol. The van der Waals surface area contributed by atoms with Gasteiger partial charge in [-0.25, -0.2) is 0 Å². The number of carbonyl (C=O) groups excluding carboxylic acids is 2. The highest BCUT2D eigenvalue weighted by Gasteiger charge is 2.45. The number of rotatable bonds is 8. The predicted molar refractivity (Wildman–Crippen MR) is 121 cm³/mol. The number of nitrogens with one attached hydrogen (secondary N) is 1. The smallest absolute Gasteiger partial charge is 0.262 e. The fourth-order valence-corrected chi connectivity index (χ4v) is 6.16. The van der Waals surface area contributed by atoms with E-state index in [9.17, 15) is 14.9 Å². The van der Waals surface area contributed by atoms with E-state index < -0.39 is 5.91 Å². The number of thioether (sulfide) groups is 1. The summed E-state index contributed by atoms with van der Waals surface area (Å²) in [5.74, 6) is 0.320. The van der Waals surface area contributed by atoms with E-state index in [0.717, 1.165) is 6.42 Å². The van der Waals surface area contributed by atoms with Crippen molar-refractivity contribution in [2.45, 2.75) is 44.3 Å². The van der Waals surface area contributed by atoms with Crippen molar-refractivity contribution in [2.24, 2.45) is 17.6 Å². The zero-order valence-electron chi connectivity index (χ0n) is 18.1. The van der Waals surface area contributed by atoms with Crippen LogP contribution in [0.15, 0.2) is 34.0 Å². The lowest BCUT2D eigenvalue weighted by Crippen LogP contribution is -2.35. The van der Waals surface area contributed by atoms with Crippen LogP contribution in [0, 0.1) is 23.2 Å². The van der Waals surface area contributed by atoms with Gasteiger partial charge in [-0.1, -0.05) is 29.8 Å². The van der Waals surface area contributed by atoms with Gasteiger partial charge in [0.25, 0.3) is 5.91 Å². The van der Waals surface area contributed by atoms with Gasteiger partial charge in [0.1, 0.15) is 21.9 Å². The van der Waals surface area contributed by atoms with E-state index in [-0.39, 0.29) is 16.7 Å². The van der Waals surface area contributed by atoms with Crippen LogP contribution in [0.5, 0.6) is 0 Å². The second-order valence-corrected chi connectivity index (χ2v) is 9.88. The molecular formula is C23H31N5O2S. The fourth-order valence-electron chi connectivity index (χ4n) is 4.89. The van der Waals surface area contributed by atoms with Gasteiger partial charge in [0.15, 0.2) is 0 Å². The molecule has 3 atom stereocenters. The summed E-state index contributed by atoms with van der Waals surface area (Å²) < 4.78 is 0. The van der Waals surface area contributed by atoms with Crippen molar-refractivity contribution < 1.29 is 9.59 Å². The van der Waals surface area contributed by atoms with Gasteiger partial charge in [-0.3, -0.25) is 9.59 Å². The molecule has 0 bridgehead atoms. The Labute approximate surface area is 188 Å². The molecule has 2 saturated heterocycles. The summed E-state index contributed by atoms with van der Waals surface area (Å²) in [5.41, 5.74) is 7.96. The standard InChI is InChI=1S/C23H31N5O2S/c1-2-28-22(30)20(31-23(28)18(13-24)21(25)29)14-26-19-7-6-15(16-12-17(16)19)8-11-27-9-4-3-5-10-27/h6-7,16-17,20,26H,2-5,8-12,14H2,1H3,(H2,25,29)/b23-18-. The number of allylic oxidation sites excluding steroid dienone is 3. The molecule has 1 saturated carbocycles. The van der Waals surface area contributed by atoms with Crippen LogP contribution in [-0.4, -0.2) is 59.6 Å². The second kappa shape index (κ2) is 9.49. The van der Waals surface area contributed by atoms with Crippen molar-refractivity contribution in [2.75, 3.05) is 32.7 Å². The van der Waals surface area contributed by atoms with Crippen LogP contribution in [-0.2, 0) is 9.59 Å². The number of nitrogens with zero attached hydrogens (tertiary/aromatic N) is 3. The van der Waals surface area contributed by atoms with Crippen molar-refractivity contribution in [3.8, 4) is 6.07 Å². The largest absolute Gasteiger partial charge is 0.386 e. The highest BCUT2D eigenvalue weighted by Crippen LogP contribution is 2.51. The Balaban J connectivity index is 1.35. The summed E-state index contributed by atoms with van der Waals surface area (Å²) in [5, 5.41) is 12.8. The van der Waals surface area contributed by atoms with Gasteiger partial charge >= 0.3 is 0 Å². The molecule has 0 aromatic carbocycles. The Kier molecular flexibility index (Phi) is 6.73. The number of nitriles is 1. The molecule has 7 nitrogen and oxygen atoms in total. The van der Waals surface area contributed by atoms with Gasteiger partial charge in [0.2, 0.25) is 5.91 Å². The quantitative estimate of drug-likeness (QED) is 0.442. The molecular weight excluding hydrogens is 410 g/mol. The van der Waals surface area contributed by atoms with Crippen LogP contribution in [0.25, 0.3) is 0 Å². The number of hydrogen-bond acceptors (Lipinski definition) is 6. The molecule has 31 heavy (non-hydrogen) atoms. The van der Waals surface area contributed by atoms with Gasteiger partial charge in [-0.05, 0) is 57.7 Å². The molecule has 2 heterocycles. The van der Waals surface area contributed by atoms with Crippen molar-refractivity contribution in [1.29, 1.82) is 5.26 Å². The first-order valence-electron chi connectivity index (χ1n) is 11.3. The number of primary amides is 1. The summed E-state index contributed by atoms with van der Waals surface area (Å²) in [7, 11) is 0. The van der Waals surface area contributed by atoms with E-state index in [1.54, 1.807) is 5.57 Å². The number of amides is 2. The average Bonchev–Trinajstić information content (AvgIpc) is 3.52. The normalized spacial score (nSPS) is 29.6. The Hall–Kier alpha value is -2.24. The zero-order chi connectivity index (χ0) is 22.0. The molecule has 0 spiro atoms. The van der Waals surface area contributed by atoms with Gasteiger partial charge in [0, 0.05) is 31.2 Å². The number of fused-ring (bicyclic) bond motifs is 1. The van der Waals surface area contributed by atoms with Crippen LogP contribution in [0.2, 0.25) is 0 Å². The van der Waals surface area contributed by atoms with Crippen molar-refractivity contribution in [1.82, 2.24) is 15.1 Å². The molecule has 2 amide bonds. The third kappa shape index (κ3) is 4.68. The third-order valence-corrected chi connectivity index (χ3v) is 8.03. The third-order valence-electron chi connectivity index (χ3n) is 6.73. The minimum Gasteiger partial charge on any atom is -0.386 e. The van der Waals surface area contributed by atoms with Gasteiger partial charge < -0.3 is 20.9 Å². The minimum absolute atomic E-state index is 0.0782. The molecule has 0 aromatic heterocycles. The van der Waals surface area contributed by atoms with Gasteiger partial charge in [-0.2, -0.15) is 5.26 Å². The van der Waals surface area contributed by atoms with E-state index in [1.807, 2.05) is 13.0 Å². The van der Waals surface area contributed by atoms with Gasteiger partial charge in [0.05, 0.1) is 0 Å². The van der Waals surface area contributed by atoms with Crippen LogP contribution in [0.3, 0.4) is 0 Å². The first-order valence-corrected chi connectivity index (χ1v) is 12.2. The lowest BCUT2D eigenvalue weighted by molar-refractivity contribution is -0.127. The summed E-state index contributed by atoms with van der Waals surface area (Å²) in [6, 6.07) is 1.86. The number of nitrogens with two attached hydrogens (primary N) is 1. The first-order chi connectivity index (χ1) is 15.0. The van der Waals surface area contributed by atoms with Crippen molar-refractivity contribution in [3.63, 3.8) is 0 Å². The lowest BCUT2D eigenvalue weighted by atomic mass is 9.99. The SMILES string of the molecule is CCN1C(=O)C(CNC2=CC=C(CCN3CCCCC3)C3CC23)S/C1=C(/C#N)C(N)=O. The van der Waals surface area contributed by atoms with Crippen LogP contribution in [0.4, 0.5) is 0 Å². The monoisotopic (exact) mass is 441 g/mol. The number of likely N-dealkylation sites (tertiary alicyclic amines) is 1. The second-order valence-electron chi connectivity index (χ2n) is 8.69. The molecule has 3 N–H and O–H groups in total. The van der Waals surface area contributed by atoms with E-state index >= 15 is 0 Å². The molecule has 8 heteroatoms. The number of carbonyl (C=O) groups is 2. The number of hydrogen-bond donors (Lipinski definition) is 2.